The van der Waals surface area contributed by atoms with E-state index in [9.17, 15) is 14.4 Å². The van der Waals surface area contributed by atoms with Crippen molar-refractivity contribution < 1.29 is 14.4 Å². The van der Waals surface area contributed by atoms with Crippen LogP contribution < -0.4 is 10.6 Å². The molecule has 1 aromatic carbocycles. The molecule has 0 aliphatic rings. The Labute approximate surface area is 192 Å². The van der Waals surface area contributed by atoms with E-state index in [1.807, 2.05) is 0 Å². The van der Waals surface area contributed by atoms with Crippen molar-refractivity contribution in [1.82, 2.24) is 30.8 Å². The van der Waals surface area contributed by atoms with Crippen LogP contribution in [0.1, 0.15) is 20.3 Å². The average Bonchev–Trinajstić information content (AvgIpc) is 3.13. The Bertz CT molecular complexity index is 891. The Morgan fingerprint density at radius 3 is 2.57 bits per heavy atom. The smallest absolute Gasteiger partial charge is 0.279 e. The lowest BCUT2D eigenvalue weighted by Crippen LogP contribution is -2.40. The number of hydrogen-bond donors (Lipinski definition) is 2. The van der Waals surface area contributed by atoms with Gasteiger partial charge in [0.05, 0.1) is 21.0 Å². The lowest BCUT2D eigenvalue weighted by atomic mass is 10.1. The molecule has 9 nitrogen and oxygen atoms in total. The van der Waals surface area contributed by atoms with Gasteiger partial charge in [-0.25, -0.2) is 0 Å². The number of aromatic nitrogens is 4. The van der Waals surface area contributed by atoms with Crippen LogP contribution in [0.3, 0.4) is 0 Å². The number of tetrazole rings is 1. The van der Waals surface area contributed by atoms with E-state index in [1.54, 1.807) is 25.1 Å². The molecule has 1 unspecified atom stereocenters. The van der Waals surface area contributed by atoms with Gasteiger partial charge in [0.25, 0.3) is 5.24 Å². The summed E-state index contributed by atoms with van der Waals surface area (Å²) < 4.78 is 0. The number of thioether (sulfide) groups is 1. The predicted octanol–water partition coefficient (Wildman–Crippen LogP) is 3.06. The minimum Gasteiger partial charge on any atom is -0.356 e. The zero-order valence-electron chi connectivity index (χ0n) is 16.2. The van der Waals surface area contributed by atoms with Crippen LogP contribution in [0.2, 0.25) is 10.0 Å². The first-order chi connectivity index (χ1) is 14.3. The molecule has 0 bridgehead atoms. The number of nitrogens with zero attached hydrogens (tertiary/aromatic N) is 4. The first-order valence-electron chi connectivity index (χ1n) is 8.90. The van der Waals surface area contributed by atoms with Crippen LogP contribution in [0, 0.1) is 0 Å². The summed E-state index contributed by atoms with van der Waals surface area (Å²) >= 11 is 14.4. The van der Waals surface area contributed by atoms with Crippen LogP contribution in [0.25, 0.3) is 0 Å². The van der Waals surface area contributed by atoms with E-state index in [1.165, 1.54) is 6.92 Å². The van der Waals surface area contributed by atoms with Crippen LogP contribution >= 0.6 is 46.7 Å². The molecule has 0 aliphatic carbocycles. The van der Waals surface area contributed by atoms with Gasteiger partial charge in [0, 0.05) is 19.2 Å². The second kappa shape index (κ2) is 12.1. The number of halogens is 2. The summed E-state index contributed by atoms with van der Waals surface area (Å²) in [6, 6.07) is 4.46. The Balaban J connectivity index is 1.88. The molecule has 0 saturated carbocycles. The fourth-order valence-electron chi connectivity index (χ4n) is 2.22. The summed E-state index contributed by atoms with van der Waals surface area (Å²) in [4.78, 5) is 37.1. The maximum atomic E-state index is 12.5. The SMILES string of the molecule is CCC(NC(=O)SCCNC(C)=O)C(=O)Cn1nnc(Sc2c(Cl)cccc2Cl)n1. The second-order valence-electron chi connectivity index (χ2n) is 5.95. The second-order valence-corrected chi connectivity index (χ2v) is 8.81. The third-order valence-corrected chi connectivity index (χ3v) is 6.27. The van der Waals surface area contributed by atoms with E-state index in [-0.39, 0.29) is 23.5 Å². The van der Waals surface area contributed by atoms with E-state index in [0.717, 1.165) is 28.3 Å². The standard InChI is InChI=1S/C17H20Cl2N6O3S2/c1-3-13(21-17(28)29-8-7-20-10(2)26)14(27)9-25-23-16(22-24-25)30-15-11(18)5-4-6-12(15)19/h4-6,13H,3,7-9H2,1-2H3,(H,20,26)(H,21,28). The highest BCUT2D eigenvalue weighted by Crippen LogP contribution is 2.36. The molecule has 2 aromatic rings. The fourth-order valence-corrected chi connectivity index (χ4v) is 4.19. The summed E-state index contributed by atoms with van der Waals surface area (Å²) in [7, 11) is 0. The molecule has 0 saturated heterocycles. The van der Waals surface area contributed by atoms with Crippen LogP contribution in [0.5, 0.6) is 0 Å². The highest BCUT2D eigenvalue weighted by molar-refractivity contribution is 8.13. The summed E-state index contributed by atoms with van der Waals surface area (Å²) in [5.41, 5.74) is 0. The minimum atomic E-state index is -0.675. The molecule has 2 N–H and O–H groups in total. The Kier molecular flexibility index (Phi) is 9.89. The topological polar surface area (TPSA) is 119 Å². The number of hydrogen-bond acceptors (Lipinski definition) is 8. The molecule has 0 fully saturated rings. The third-order valence-electron chi connectivity index (χ3n) is 3.64. The Morgan fingerprint density at radius 2 is 1.93 bits per heavy atom. The Hall–Kier alpha value is -1.82. The first-order valence-corrected chi connectivity index (χ1v) is 11.5. The number of rotatable bonds is 10. The maximum Gasteiger partial charge on any atom is 0.279 e. The molecule has 162 valence electrons. The van der Waals surface area contributed by atoms with Gasteiger partial charge in [-0.2, -0.15) is 4.80 Å². The quantitative estimate of drug-likeness (QED) is 0.487. The highest BCUT2D eigenvalue weighted by Gasteiger charge is 2.21. The van der Waals surface area contributed by atoms with Crippen LogP contribution in [0.4, 0.5) is 4.79 Å². The van der Waals surface area contributed by atoms with Gasteiger partial charge < -0.3 is 10.6 Å². The van der Waals surface area contributed by atoms with Crippen LogP contribution in [0.15, 0.2) is 28.3 Å². The molecule has 0 spiro atoms. The van der Waals surface area contributed by atoms with Gasteiger partial charge in [-0.05, 0) is 35.5 Å². The van der Waals surface area contributed by atoms with Gasteiger partial charge in [0.2, 0.25) is 11.1 Å². The highest BCUT2D eigenvalue weighted by atomic mass is 35.5. The fraction of sp³-hybridized carbons (Fsp3) is 0.412. The van der Waals surface area contributed by atoms with Crippen molar-refractivity contribution in [2.45, 2.75) is 42.9 Å². The molecule has 0 aliphatic heterocycles. The van der Waals surface area contributed by atoms with Gasteiger partial charge in [0.15, 0.2) is 5.78 Å². The molecular formula is C17H20Cl2N6O3S2. The van der Waals surface area contributed by atoms with E-state index >= 15 is 0 Å². The van der Waals surface area contributed by atoms with Crippen molar-refractivity contribution in [3.63, 3.8) is 0 Å². The zero-order valence-corrected chi connectivity index (χ0v) is 19.4. The van der Waals surface area contributed by atoms with Crippen LogP contribution in [-0.4, -0.2) is 55.5 Å². The summed E-state index contributed by atoms with van der Waals surface area (Å²) in [5, 5.41) is 18.1. The number of ketones is 1. The lowest BCUT2D eigenvalue weighted by Gasteiger charge is -2.15. The van der Waals surface area contributed by atoms with Crippen LogP contribution in [-0.2, 0) is 16.1 Å². The number of carbonyl (C=O) groups is 3. The van der Waals surface area contributed by atoms with Crippen molar-refractivity contribution >= 4 is 63.7 Å². The lowest BCUT2D eigenvalue weighted by molar-refractivity contribution is -0.122. The van der Waals surface area contributed by atoms with E-state index in [4.69, 9.17) is 23.2 Å². The number of carbonyl (C=O) groups excluding carboxylic acids is 3. The molecular weight excluding hydrogens is 471 g/mol. The molecule has 30 heavy (non-hydrogen) atoms. The van der Waals surface area contributed by atoms with Gasteiger partial charge in [-0.3, -0.25) is 14.4 Å². The molecule has 0 radical (unpaired) electrons. The summed E-state index contributed by atoms with van der Waals surface area (Å²) in [6.45, 7) is 3.43. The predicted molar refractivity (Wildman–Crippen MR) is 117 cm³/mol. The maximum absolute atomic E-state index is 12.5. The molecule has 13 heteroatoms. The van der Waals surface area contributed by atoms with Gasteiger partial charge in [-0.1, -0.05) is 48.0 Å². The van der Waals surface area contributed by atoms with Gasteiger partial charge in [-0.15, -0.1) is 10.2 Å². The Morgan fingerprint density at radius 1 is 1.23 bits per heavy atom. The normalized spacial score (nSPS) is 11.7. The van der Waals surface area contributed by atoms with Crippen molar-refractivity contribution in [1.29, 1.82) is 0 Å². The molecule has 2 rings (SSSR count). The average molecular weight is 491 g/mol. The van der Waals surface area contributed by atoms with Crippen molar-refractivity contribution in [3.05, 3.63) is 28.2 Å². The monoisotopic (exact) mass is 490 g/mol. The summed E-state index contributed by atoms with van der Waals surface area (Å²) in [5.74, 6) is -0.00314. The van der Waals surface area contributed by atoms with E-state index in [2.05, 4.69) is 26.0 Å². The van der Waals surface area contributed by atoms with Gasteiger partial charge in [0.1, 0.15) is 6.54 Å². The van der Waals surface area contributed by atoms with E-state index < -0.39 is 6.04 Å². The van der Waals surface area contributed by atoms with Gasteiger partial charge >= 0.3 is 0 Å². The summed E-state index contributed by atoms with van der Waals surface area (Å²) in [6.07, 6.45) is 0.419. The largest absolute Gasteiger partial charge is 0.356 e. The first kappa shape index (κ1) is 24.4. The molecule has 1 heterocycles. The zero-order chi connectivity index (χ0) is 22.1. The van der Waals surface area contributed by atoms with Crippen molar-refractivity contribution in [2.75, 3.05) is 12.3 Å². The number of benzene rings is 1. The minimum absolute atomic E-state index is 0.140. The number of Topliss-reactive ketones (excluding diaryl/α,β-unsaturated/α-hetero) is 1. The third kappa shape index (κ3) is 7.78. The molecule has 2 amide bonds. The van der Waals surface area contributed by atoms with Crippen molar-refractivity contribution in [3.8, 4) is 0 Å². The van der Waals surface area contributed by atoms with E-state index in [0.29, 0.717) is 38.8 Å². The number of amides is 2. The molecule has 1 atom stereocenters. The van der Waals surface area contributed by atoms with Crippen molar-refractivity contribution in [2.24, 2.45) is 0 Å². The molecule has 1 aromatic heterocycles. The number of nitrogens with one attached hydrogen (secondary N) is 2.